The van der Waals surface area contributed by atoms with Crippen LogP contribution in [0, 0.1) is 11.7 Å². The van der Waals surface area contributed by atoms with Crippen molar-refractivity contribution in [3.63, 3.8) is 0 Å². The van der Waals surface area contributed by atoms with Crippen molar-refractivity contribution in [2.24, 2.45) is 5.92 Å². The molecule has 2 atom stereocenters. The van der Waals surface area contributed by atoms with Gasteiger partial charge in [-0.3, -0.25) is 14.7 Å². The lowest BCUT2D eigenvalue weighted by Gasteiger charge is -2.24. The van der Waals surface area contributed by atoms with Crippen molar-refractivity contribution in [2.45, 2.75) is 35.9 Å². The van der Waals surface area contributed by atoms with Crippen LogP contribution in [0.25, 0.3) is 10.9 Å². The van der Waals surface area contributed by atoms with Gasteiger partial charge >= 0.3 is 5.97 Å². The van der Waals surface area contributed by atoms with Crippen LogP contribution >= 0.6 is 23.1 Å². The zero-order chi connectivity index (χ0) is 22.5. The number of halogens is 1. The number of methoxy groups -OCH3 is 1. The van der Waals surface area contributed by atoms with Gasteiger partial charge in [-0.2, -0.15) is 0 Å². The smallest absolute Gasteiger partial charge is 0.321 e. The highest BCUT2D eigenvalue weighted by Gasteiger charge is 2.38. The summed E-state index contributed by atoms with van der Waals surface area (Å²) in [5, 5.41) is 12.7. The van der Waals surface area contributed by atoms with Crippen LogP contribution in [0.1, 0.15) is 24.8 Å². The Kier molecular flexibility index (Phi) is 7.65. The van der Waals surface area contributed by atoms with Crippen LogP contribution in [-0.2, 0) is 11.2 Å². The molecule has 4 rings (SSSR count). The highest BCUT2D eigenvalue weighted by atomic mass is 32.2. The maximum atomic E-state index is 14.6. The number of thioether (sulfide) groups is 1. The van der Waals surface area contributed by atoms with Crippen molar-refractivity contribution in [1.82, 2.24) is 9.88 Å². The van der Waals surface area contributed by atoms with Crippen molar-refractivity contribution in [2.75, 3.05) is 26.0 Å². The van der Waals surface area contributed by atoms with E-state index in [4.69, 9.17) is 4.74 Å². The Morgan fingerprint density at radius 2 is 2.28 bits per heavy atom. The molecule has 1 fully saturated rings. The molecule has 3 heterocycles. The zero-order valence-electron chi connectivity index (χ0n) is 18.0. The minimum Gasteiger partial charge on any atom is -0.497 e. The minimum atomic E-state index is -0.751. The molecule has 5 nitrogen and oxygen atoms in total. The maximum Gasteiger partial charge on any atom is 0.321 e. The van der Waals surface area contributed by atoms with E-state index in [-0.39, 0.29) is 11.7 Å². The SMILES string of the molecule is COc1ccc2ncc(F)c(CCCC3CCN(CCSc4cccs4)C3C(=O)O)c2c1. The van der Waals surface area contributed by atoms with Crippen LogP contribution < -0.4 is 4.74 Å². The summed E-state index contributed by atoms with van der Waals surface area (Å²) in [6, 6.07) is 9.14. The Bertz CT molecular complexity index is 1060. The van der Waals surface area contributed by atoms with Gasteiger partial charge in [0, 0.05) is 17.7 Å². The number of carboxylic acid groups (broad SMARTS) is 1. The second-order valence-electron chi connectivity index (χ2n) is 8.01. The number of pyridine rings is 1. The highest BCUT2D eigenvalue weighted by Crippen LogP contribution is 2.32. The van der Waals surface area contributed by atoms with E-state index in [1.165, 1.54) is 10.4 Å². The van der Waals surface area contributed by atoms with E-state index in [1.54, 1.807) is 30.2 Å². The van der Waals surface area contributed by atoms with E-state index in [9.17, 15) is 14.3 Å². The van der Waals surface area contributed by atoms with Crippen LogP contribution in [-0.4, -0.2) is 53.0 Å². The lowest BCUT2D eigenvalue weighted by atomic mass is 9.92. The van der Waals surface area contributed by atoms with Crippen LogP contribution in [0.15, 0.2) is 46.1 Å². The predicted molar refractivity (Wildman–Crippen MR) is 127 cm³/mol. The maximum absolute atomic E-state index is 14.6. The first kappa shape index (κ1) is 23.0. The minimum absolute atomic E-state index is 0.0879. The van der Waals surface area contributed by atoms with Gasteiger partial charge in [-0.15, -0.1) is 23.1 Å². The molecule has 1 aromatic carbocycles. The Labute approximate surface area is 195 Å². The third kappa shape index (κ3) is 5.24. The van der Waals surface area contributed by atoms with Gasteiger partial charge in [0.05, 0.1) is 23.0 Å². The third-order valence-corrected chi connectivity index (χ3v) is 8.24. The lowest BCUT2D eigenvalue weighted by molar-refractivity contribution is -0.143. The number of carboxylic acids is 1. The van der Waals surface area contributed by atoms with E-state index in [0.29, 0.717) is 17.7 Å². The summed E-state index contributed by atoms with van der Waals surface area (Å²) in [4.78, 5) is 18.3. The summed E-state index contributed by atoms with van der Waals surface area (Å²) in [6.45, 7) is 1.57. The van der Waals surface area contributed by atoms with E-state index in [1.807, 2.05) is 24.3 Å². The molecule has 2 unspecified atom stereocenters. The van der Waals surface area contributed by atoms with Crippen molar-refractivity contribution in [1.29, 1.82) is 0 Å². The van der Waals surface area contributed by atoms with E-state index in [2.05, 4.69) is 21.3 Å². The Balaban J connectivity index is 1.37. The number of aromatic nitrogens is 1. The normalized spacial score (nSPS) is 18.9. The van der Waals surface area contributed by atoms with Gasteiger partial charge in [-0.1, -0.05) is 6.07 Å². The molecule has 0 radical (unpaired) electrons. The van der Waals surface area contributed by atoms with Gasteiger partial charge < -0.3 is 9.84 Å². The summed E-state index contributed by atoms with van der Waals surface area (Å²) in [5.74, 6) is 0.569. The number of hydrogen-bond acceptors (Lipinski definition) is 6. The number of aryl methyl sites for hydroxylation is 1. The van der Waals surface area contributed by atoms with Crippen LogP contribution in [0.3, 0.4) is 0 Å². The molecule has 0 spiro atoms. The van der Waals surface area contributed by atoms with Gasteiger partial charge in [-0.25, -0.2) is 4.39 Å². The summed E-state index contributed by atoms with van der Waals surface area (Å²) in [7, 11) is 1.59. The lowest BCUT2D eigenvalue weighted by Crippen LogP contribution is -2.40. The number of likely N-dealkylation sites (tertiary alicyclic amines) is 1. The summed E-state index contributed by atoms with van der Waals surface area (Å²) < 4.78 is 21.1. The number of thiophene rings is 1. The van der Waals surface area contributed by atoms with Crippen molar-refractivity contribution >= 4 is 40.0 Å². The summed E-state index contributed by atoms with van der Waals surface area (Å²) in [5.41, 5.74) is 1.36. The highest BCUT2D eigenvalue weighted by molar-refractivity contribution is 8.01. The van der Waals surface area contributed by atoms with Crippen molar-refractivity contribution < 1.29 is 19.0 Å². The molecule has 32 heavy (non-hydrogen) atoms. The van der Waals surface area contributed by atoms with E-state index >= 15 is 0 Å². The molecule has 3 aromatic rings. The summed E-state index contributed by atoms with van der Waals surface area (Å²) in [6.07, 6.45) is 4.19. The first-order valence-corrected chi connectivity index (χ1v) is 12.7. The number of rotatable bonds is 10. The molecule has 1 aliphatic rings. The predicted octanol–water partition coefficient (Wildman–Crippen LogP) is 5.33. The standard InChI is InChI=1S/C24H27FN2O3S2/c1-30-17-7-8-21-19(14-17)18(20(25)15-26-21)5-2-4-16-9-10-27(23(16)24(28)29)11-13-32-22-6-3-12-31-22/h3,6-8,12,14-16,23H,2,4-5,9-11,13H2,1H3,(H,28,29). The van der Waals surface area contributed by atoms with E-state index < -0.39 is 12.0 Å². The van der Waals surface area contributed by atoms with Crippen LogP contribution in [0.5, 0.6) is 5.75 Å². The molecule has 0 saturated carbocycles. The average molecular weight is 475 g/mol. The molecular formula is C24H27FN2O3S2. The molecule has 1 saturated heterocycles. The number of carbonyl (C=O) groups is 1. The van der Waals surface area contributed by atoms with E-state index in [0.717, 1.165) is 49.0 Å². The molecular weight excluding hydrogens is 447 g/mol. The number of hydrogen-bond donors (Lipinski definition) is 1. The number of aliphatic carboxylic acids is 1. The van der Waals surface area contributed by atoms with Gasteiger partial charge in [0.1, 0.15) is 17.6 Å². The summed E-state index contributed by atoms with van der Waals surface area (Å²) >= 11 is 3.49. The molecule has 2 aromatic heterocycles. The molecule has 0 aliphatic carbocycles. The molecule has 8 heteroatoms. The third-order valence-electron chi connectivity index (χ3n) is 6.13. The monoisotopic (exact) mass is 474 g/mol. The number of nitrogens with zero attached hydrogens (tertiary/aromatic N) is 2. The molecule has 1 aliphatic heterocycles. The fraction of sp³-hybridized carbons (Fsp3) is 0.417. The number of fused-ring (bicyclic) bond motifs is 1. The quantitative estimate of drug-likeness (QED) is 0.401. The molecule has 1 N–H and O–H groups in total. The Morgan fingerprint density at radius 1 is 1.41 bits per heavy atom. The fourth-order valence-electron chi connectivity index (χ4n) is 4.57. The topological polar surface area (TPSA) is 62.7 Å². The van der Waals surface area contributed by atoms with Gasteiger partial charge in [-0.05, 0) is 73.4 Å². The fourth-order valence-corrected chi connectivity index (χ4v) is 6.41. The van der Waals surface area contributed by atoms with Crippen molar-refractivity contribution in [3.8, 4) is 5.75 Å². The van der Waals surface area contributed by atoms with Gasteiger partial charge in [0.25, 0.3) is 0 Å². The number of benzene rings is 1. The second kappa shape index (κ2) is 10.6. The number of ether oxygens (including phenoxy) is 1. The molecule has 0 bridgehead atoms. The van der Waals surface area contributed by atoms with Gasteiger partial charge in [0.2, 0.25) is 0 Å². The van der Waals surface area contributed by atoms with Crippen LogP contribution in [0.4, 0.5) is 4.39 Å². The Hall–Kier alpha value is -2.16. The molecule has 0 amide bonds. The Morgan fingerprint density at radius 3 is 3.03 bits per heavy atom. The van der Waals surface area contributed by atoms with Crippen molar-refractivity contribution in [3.05, 3.63) is 53.3 Å². The zero-order valence-corrected chi connectivity index (χ0v) is 19.6. The average Bonchev–Trinajstić information content (AvgIpc) is 3.45. The second-order valence-corrected chi connectivity index (χ2v) is 10.4. The molecule has 170 valence electrons. The first-order chi connectivity index (χ1) is 15.6. The van der Waals surface area contributed by atoms with Gasteiger partial charge in [0.15, 0.2) is 0 Å². The first-order valence-electron chi connectivity index (χ1n) is 10.8. The largest absolute Gasteiger partial charge is 0.497 e. The van der Waals surface area contributed by atoms with Crippen LogP contribution in [0.2, 0.25) is 0 Å².